The van der Waals surface area contributed by atoms with E-state index >= 15 is 0 Å². The monoisotopic (exact) mass is 266 g/mol. The molecule has 0 aromatic carbocycles. The summed E-state index contributed by atoms with van der Waals surface area (Å²) in [7, 11) is 0. The zero-order chi connectivity index (χ0) is 13.4. The first kappa shape index (κ1) is 12.9. The SMILES string of the molecule is CC(=O)N1CCO[C@@H]2CC[C@H](C(=O)NC3CC3)C[C@H]21. The number of carbonyl (C=O) groups is 2. The molecule has 0 bridgehead atoms. The van der Waals surface area contributed by atoms with Crippen molar-refractivity contribution in [2.24, 2.45) is 5.92 Å². The number of amides is 2. The van der Waals surface area contributed by atoms with Crippen LogP contribution in [0.4, 0.5) is 0 Å². The molecule has 3 rings (SSSR count). The molecule has 0 unspecified atom stereocenters. The van der Waals surface area contributed by atoms with Crippen LogP contribution in [0.5, 0.6) is 0 Å². The highest BCUT2D eigenvalue weighted by Gasteiger charge is 2.41. The molecule has 1 aliphatic heterocycles. The molecule has 0 aromatic rings. The van der Waals surface area contributed by atoms with Crippen LogP contribution in [0.1, 0.15) is 39.0 Å². The molecule has 2 saturated carbocycles. The number of hydrogen-bond acceptors (Lipinski definition) is 3. The van der Waals surface area contributed by atoms with E-state index in [0.29, 0.717) is 19.2 Å². The topological polar surface area (TPSA) is 58.6 Å². The van der Waals surface area contributed by atoms with Gasteiger partial charge in [-0.15, -0.1) is 0 Å². The van der Waals surface area contributed by atoms with Gasteiger partial charge in [0.05, 0.1) is 18.8 Å². The van der Waals surface area contributed by atoms with Crippen molar-refractivity contribution in [2.45, 2.75) is 57.2 Å². The maximum atomic E-state index is 12.1. The molecule has 0 spiro atoms. The minimum absolute atomic E-state index is 0.0467. The van der Waals surface area contributed by atoms with Gasteiger partial charge in [-0.2, -0.15) is 0 Å². The van der Waals surface area contributed by atoms with Crippen LogP contribution < -0.4 is 5.32 Å². The fourth-order valence-corrected chi connectivity index (χ4v) is 3.29. The number of rotatable bonds is 2. The zero-order valence-corrected chi connectivity index (χ0v) is 11.4. The number of nitrogens with one attached hydrogen (secondary N) is 1. The first-order valence-electron chi connectivity index (χ1n) is 7.34. The number of morpholine rings is 1. The third kappa shape index (κ3) is 2.76. The first-order valence-corrected chi connectivity index (χ1v) is 7.34. The molecule has 5 heteroatoms. The zero-order valence-electron chi connectivity index (χ0n) is 11.4. The van der Waals surface area contributed by atoms with Gasteiger partial charge in [0.2, 0.25) is 11.8 Å². The van der Waals surface area contributed by atoms with Gasteiger partial charge >= 0.3 is 0 Å². The third-order valence-electron chi connectivity index (χ3n) is 4.52. The van der Waals surface area contributed by atoms with Gasteiger partial charge in [0.15, 0.2) is 0 Å². The van der Waals surface area contributed by atoms with Crippen LogP contribution in [0.3, 0.4) is 0 Å². The molecule has 2 amide bonds. The van der Waals surface area contributed by atoms with Gasteiger partial charge in [0, 0.05) is 25.4 Å². The Bertz CT molecular complexity index is 381. The van der Waals surface area contributed by atoms with Crippen molar-refractivity contribution in [3.63, 3.8) is 0 Å². The molecule has 3 fully saturated rings. The van der Waals surface area contributed by atoms with Crippen LogP contribution in [-0.4, -0.2) is 48.1 Å². The Kier molecular flexibility index (Phi) is 3.48. The summed E-state index contributed by atoms with van der Waals surface area (Å²) >= 11 is 0. The normalized spacial score (nSPS) is 34.6. The summed E-state index contributed by atoms with van der Waals surface area (Å²) in [4.78, 5) is 25.7. The van der Waals surface area contributed by atoms with Gasteiger partial charge in [-0.25, -0.2) is 0 Å². The van der Waals surface area contributed by atoms with E-state index in [1.807, 2.05) is 4.90 Å². The fourth-order valence-electron chi connectivity index (χ4n) is 3.29. The summed E-state index contributed by atoms with van der Waals surface area (Å²) in [5.41, 5.74) is 0. The predicted octanol–water partition coefficient (Wildman–Crippen LogP) is 0.681. The first-order chi connectivity index (χ1) is 9.15. The number of nitrogens with zero attached hydrogens (tertiary/aromatic N) is 1. The Morgan fingerprint density at radius 2 is 2.00 bits per heavy atom. The Hall–Kier alpha value is -1.10. The molecule has 106 valence electrons. The lowest BCUT2D eigenvalue weighted by Gasteiger charge is -2.45. The van der Waals surface area contributed by atoms with Crippen LogP contribution in [-0.2, 0) is 14.3 Å². The second-order valence-corrected chi connectivity index (χ2v) is 5.98. The highest BCUT2D eigenvalue weighted by atomic mass is 16.5. The Morgan fingerprint density at radius 3 is 2.68 bits per heavy atom. The number of hydrogen-bond donors (Lipinski definition) is 1. The molecule has 0 aromatic heterocycles. The van der Waals surface area contributed by atoms with Crippen molar-refractivity contribution in [1.29, 1.82) is 0 Å². The summed E-state index contributed by atoms with van der Waals surface area (Å²) in [6.45, 7) is 2.89. The third-order valence-corrected chi connectivity index (χ3v) is 4.52. The average Bonchev–Trinajstić information content (AvgIpc) is 3.21. The van der Waals surface area contributed by atoms with Crippen molar-refractivity contribution in [3.05, 3.63) is 0 Å². The van der Waals surface area contributed by atoms with E-state index in [1.165, 1.54) is 0 Å². The molecule has 1 heterocycles. The fraction of sp³-hybridized carbons (Fsp3) is 0.857. The van der Waals surface area contributed by atoms with Gasteiger partial charge in [-0.1, -0.05) is 0 Å². The lowest BCUT2D eigenvalue weighted by Crippen LogP contribution is -2.56. The quantitative estimate of drug-likeness (QED) is 0.799. The maximum Gasteiger partial charge on any atom is 0.223 e. The van der Waals surface area contributed by atoms with Crippen LogP contribution in [0.15, 0.2) is 0 Å². The van der Waals surface area contributed by atoms with Crippen molar-refractivity contribution in [2.75, 3.05) is 13.2 Å². The molecule has 3 atom stereocenters. The van der Waals surface area contributed by atoms with E-state index in [-0.39, 0.29) is 29.9 Å². The summed E-state index contributed by atoms with van der Waals surface area (Å²) in [6.07, 6.45) is 4.88. The van der Waals surface area contributed by atoms with Crippen LogP contribution in [0, 0.1) is 5.92 Å². The van der Waals surface area contributed by atoms with Gasteiger partial charge in [0.1, 0.15) is 0 Å². The van der Waals surface area contributed by atoms with Crippen LogP contribution in [0.25, 0.3) is 0 Å². The van der Waals surface area contributed by atoms with E-state index < -0.39 is 0 Å². The van der Waals surface area contributed by atoms with Gasteiger partial charge in [0.25, 0.3) is 0 Å². The smallest absolute Gasteiger partial charge is 0.223 e. The second kappa shape index (κ2) is 5.12. The molecule has 1 N–H and O–H groups in total. The average molecular weight is 266 g/mol. The molecule has 2 aliphatic carbocycles. The van der Waals surface area contributed by atoms with Crippen LogP contribution >= 0.6 is 0 Å². The molecule has 19 heavy (non-hydrogen) atoms. The van der Waals surface area contributed by atoms with Crippen molar-refractivity contribution < 1.29 is 14.3 Å². The van der Waals surface area contributed by atoms with Crippen molar-refractivity contribution >= 4 is 11.8 Å². The highest BCUT2D eigenvalue weighted by Crippen LogP contribution is 2.33. The summed E-state index contributed by atoms with van der Waals surface area (Å²) in [6, 6.07) is 0.506. The Morgan fingerprint density at radius 1 is 1.21 bits per heavy atom. The van der Waals surface area contributed by atoms with Crippen LogP contribution in [0.2, 0.25) is 0 Å². The lowest BCUT2D eigenvalue weighted by atomic mass is 9.81. The molecule has 1 saturated heterocycles. The summed E-state index contributed by atoms with van der Waals surface area (Å²) in [5, 5.41) is 3.08. The Balaban J connectivity index is 1.64. The molecule has 3 aliphatic rings. The number of fused-ring (bicyclic) bond motifs is 1. The maximum absolute atomic E-state index is 12.1. The van der Waals surface area contributed by atoms with E-state index in [9.17, 15) is 9.59 Å². The summed E-state index contributed by atoms with van der Waals surface area (Å²) in [5.74, 6) is 0.321. The lowest BCUT2D eigenvalue weighted by molar-refractivity contribution is -0.152. The number of carbonyl (C=O) groups excluding carboxylic acids is 2. The minimum atomic E-state index is 0.0467. The van der Waals surface area contributed by atoms with Gasteiger partial charge in [-0.3, -0.25) is 9.59 Å². The standard InChI is InChI=1S/C14H22N2O3/c1-9(17)16-6-7-19-13-5-2-10(8-12(13)16)14(18)15-11-3-4-11/h10-13H,2-8H2,1H3,(H,15,18)/t10-,12+,13+/m0/s1. The molecular weight excluding hydrogens is 244 g/mol. The van der Waals surface area contributed by atoms with E-state index in [4.69, 9.17) is 4.74 Å². The molecule has 0 radical (unpaired) electrons. The molecule has 5 nitrogen and oxygen atoms in total. The van der Waals surface area contributed by atoms with Crippen molar-refractivity contribution in [3.8, 4) is 0 Å². The largest absolute Gasteiger partial charge is 0.374 e. The second-order valence-electron chi connectivity index (χ2n) is 5.98. The minimum Gasteiger partial charge on any atom is -0.374 e. The van der Waals surface area contributed by atoms with Gasteiger partial charge in [-0.05, 0) is 32.1 Å². The number of ether oxygens (including phenoxy) is 1. The molecular formula is C14H22N2O3. The predicted molar refractivity (Wildman–Crippen MR) is 69.4 cm³/mol. The van der Waals surface area contributed by atoms with E-state index in [0.717, 1.165) is 32.1 Å². The Labute approximate surface area is 113 Å². The highest BCUT2D eigenvalue weighted by molar-refractivity contribution is 5.79. The van der Waals surface area contributed by atoms with E-state index in [1.54, 1.807) is 6.92 Å². The van der Waals surface area contributed by atoms with E-state index in [2.05, 4.69) is 5.32 Å². The van der Waals surface area contributed by atoms with Crippen molar-refractivity contribution in [1.82, 2.24) is 10.2 Å². The van der Waals surface area contributed by atoms with Gasteiger partial charge < -0.3 is 15.0 Å². The summed E-state index contributed by atoms with van der Waals surface area (Å²) < 4.78 is 5.76.